The lowest BCUT2D eigenvalue weighted by atomic mass is 10.1. The largest absolute Gasteiger partial charge is 0.418 e. The highest BCUT2D eigenvalue weighted by Crippen LogP contribution is 2.35. The first-order valence-corrected chi connectivity index (χ1v) is 7.72. The zero-order chi connectivity index (χ0) is 18.1. The number of anilines is 1. The van der Waals surface area contributed by atoms with Crippen molar-refractivity contribution in [3.8, 4) is 0 Å². The molecule has 0 spiro atoms. The molecule has 1 aromatic heterocycles. The maximum atomic E-state index is 13.0. The van der Waals surface area contributed by atoms with Crippen LogP contribution in [0.5, 0.6) is 0 Å². The monoisotopic (exact) mass is 359 g/mol. The van der Waals surface area contributed by atoms with Gasteiger partial charge in [0, 0.05) is 0 Å². The number of nitrogens with one attached hydrogen (secondary N) is 1. The van der Waals surface area contributed by atoms with Crippen molar-refractivity contribution in [1.29, 1.82) is 0 Å². The Bertz CT molecular complexity index is 756. The van der Waals surface area contributed by atoms with E-state index in [1.54, 1.807) is 20.8 Å². The van der Waals surface area contributed by atoms with Crippen LogP contribution in [0.1, 0.15) is 36.3 Å². The molecule has 0 aliphatic carbocycles. The van der Waals surface area contributed by atoms with Gasteiger partial charge >= 0.3 is 6.18 Å². The molecule has 1 unspecified atom stereocenters. The summed E-state index contributed by atoms with van der Waals surface area (Å²) in [6.07, 6.45) is -4.19. The molecule has 0 saturated heterocycles. The van der Waals surface area contributed by atoms with Crippen molar-refractivity contribution in [3.63, 3.8) is 0 Å². The molecule has 1 aromatic carbocycles. The third-order valence-corrected chi connectivity index (χ3v) is 4.26. The second-order valence-corrected chi connectivity index (χ2v) is 5.76. The smallest absolute Gasteiger partial charge is 0.324 e. The van der Waals surface area contributed by atoms with Gasteiger partial charge in [0.15, 0.2) is 0 Å². The Morgan fingerprint density at radius 3 is 2.46 bits per heavy atom. The molecule has 1 amide bonds. The normalized spacial score (nSPS) is 13.0. The molecular formula is C16H17ClF3N3O. The second kappa shape index (κ2) is 6.84. The van der Waals surface area contributed by atoms with Crippen LogP contribution in [0.4, 0.5) is 18.9 Å². The zero-order valence-corrected chi connectivity index (χ0v) is 14.2. The van der Waals surface area contributed by atoms with Gasteiger partial charge in [-0.05, 0) is 32.4 Å². The summed E-state index contributed by atoms with van der Waals surface area (Å²) < 4.78 is 40.6. The highest BCUT2D eigenvalue weighted by atomic mass is 35.5. The van der Waals surface area contributed by atoms with E-state index in [0.29, 0.717) is 22.8 Å². The molecule has 0 radical (unpaired) electrons. The average Bonchev–Trinajstić information content (AvgIpc) is 2.75. The Balaban J connectivity index is 2.33. The van der Waals surface area contributed by atoms with E-state index in [-0.39, 0.29) is 5.69 Å². The number of rotatable bonds is 4. The highest BCUT2D eigenvalue weighted by molar-refractivity contribution is 6.31. The van der Waals surface area contributed by atoms with Gasteiger partial charge in [-0.1, -0.05) is 30.7 Å². The maximum Gasteiger partial charge on any atom is 0.418 e. The Hall–Kier alpha value is -2.02. The third kappa shape index (κ3) is 3.56. The lowest BCUT2D eigenvalue weighted by molar-refractivity contribution is -0.137. The van der Waals surface area contributed by atoms with Crippen LogP contribution in [0, 0.1) is 13.8 Å². The van der Waals surface area contributed by atoms with E-state index in [4.69, 9.17) is 11.6 Å². The van der Waals surface area contributed by atoms with Crippen LogP contribution in [0.25, 0.3) is 0 Å². The molecular weight excluding hydrogens is 343 g/mol. The molecule has 0 aliphatic rings. The van der Waals surface area contributed by atoms with Crippen LogP contribution in [-0.4, -0.2) is 15.7 Å². The number of aromatic nitrogens is 2. The molecule has 1 heterocycles. The fraction of sp³-hybridized carbons (Fsp3) is 0.375. The lowest BCUT2D eigenvalue weighted by Gasteiger charge is -2.19. The van der Waals surface area contributed by atoms with Crippen LogP contribution in [-0.2, 0) is 11.0 Å². The first-order valence-electron chi connectivity index (χ1n) is 7.35. The standard InChI is InChI=1S/C16H17ClF3N3O/c1-4-13(23-10(3)14(17)9(2)22-23)15(24)21-12-8-6-5-7-11(12)16(18,19)20/h5-8,13H,4H2,1-3H3,(H,21,24). The number of amides is 1. The van der Waals surface area contributed by atoms with Crippen LogP contribution in [0.15, 0.2) is 24.3 Å². The quantitative estimate of drug-likeness (QED) is 0.855. The molecule has 130 valence electrons. The summed E-state index contributed by atoms with van der Waals surface area (Å²) in [6, 6.07) is 4.11. The van der Waals surface area contributed by atoms with Crippen molar-refractivity contribution in [1.82, 2.24) is 9.78 Å². The average molecular weight is 360 g/mol. The fourth-order valence-electron chi connectivity index (χ4n) is 2.47. The van der Waals surface area contributed by atoms with Crippen molar-refractivity contribution in [2.24, 2.45) is 0 Å². The van der Waals surface area contributed by atoms with Gasteiger partial charge in [0.1, 0.15) is 6.04 Å². The van der Waals surface area contributed by atoms with Gasteiger partial charge in [-0.3, -0.25) is 9.48 Å². The summed E-state index contributed by atoms with van der Waals surface area (Å²) in [7, 11) is 0. The van der Waals surface area contributed by atoms with Crippen LogP contribution >= 0.6 is 11.6 Å². The highest BCUT2D eigenvalue weighted by Gasteiger charge is 2.34. The van der Waals surface area contributed by atoms with E-state index < -0.39 is 23.7 Å². The number of halogens is 4. The Kier molecular flexibility index (Phi) is 5.22. The zero-order valence-electron chi connectivity index (χ0n) is 13.4. The molecule has 8 heteroatoms. The Labute approximate surface area is 142 Å². The number of hydrogen-bond donors (Lipinski definition) is 1. The molecule has 0 fully saturated rings. The van der Waals surface area contributed by atoms with Crippen LogP contribution in [0.2, 0.25) is 5.02 Å². The predicted molar refractivity (Wildman–Crippen MR) is 86.1 cm³/mol. The van der Waals surface area contributed by atoms with E-state index in [1.165, 1.54) is 22.9 Å². The van der Waals surface area contributed by atoms with E-state index in [1.807, 2.05) is 0 Å². The SMILES string of the molecule is CCC(C(=O)Nc1ccccc1C(F)(F)F)n1nc(C)c(Cl)c1C. The Morgan fingerprint density at radius 2 is 1.96 bits per heavy atom. The molecule has 4 nitrogen and oxygen atoms in total. The van der Waals surface area contributed by atoms with Gasteiger partial charge < -0.3 is 5.32 Å². The van der Waals surface area contributed by atoms with Crippen molar-refractivity contribution in [3.05, 3.63) is 46.2 Å². The number of alkyl halides is 3. The minimum absolute atomic E-state index is 0.277. The van der Waals surface area contributed by atoms with Gasteiger partial charge in [0.05, 0.1) is 27.7 Å². The number of carbonyl (C=O) groups is 1. The number of carbonyl (C=O) groups excluding carboxylic acids is 1. The lowest BCUT2D eigenvalue weighted by Crippen LogP contribution is -2.28. The van der Waals surface area contributed by atoms with Crippen molar-refractivity contribution in [2.75, 3.05) is 5.32 Å². The van der Waals surface area contributed by atoms with Crippen molar-refractivity contribution in [2.45, 2.75) is 39.4 Å². The third-order valence-electron chi connectivity index (χ3n) is 3.71. The van der Waals surface area contributed by atoms with Crippen LogP contribution in [0.3, 0.4) is 0 Å². The maximum absolute atomic E-state index is 13.0. The minimum Gasteiger partial charge on any atom is -0.324 e. The fourth-order valence-corrected chi connectivity index (χ4v) is 2.60. The van der Waals surface area contributed by atoms with Crippen molar-refractivity contribution >= 4 is 23.2 Å². The molecule has 0 saturated carbocycles. The number of benzene rings is 1. The summed E-state index contributed by atoms with van der Waals surface area (Å²) in [5.41, 5.74) is -0.00272. The van der Waals surface area contributed by atoms with Gasteiger partial charge in [-0.2, -0.15) is 18.3 Å². The van der Waals surface area contributed by atoms with Crippen molar-refractivity contribution < 1.29 is 18.0 Å². The first kappa shape index (κ1) is 18.3. The van der Waals surface area contributed by atoms with E-state index in [2.05, 4.69) is 10.4 Å². The van der Waals surface area contributed by atoms with Gasteiger partial charge in [0.25, 0.3) is 0 Å². The molecule has 0 aliphatic heterocycles. The minimum atomic E-state index is -4.55. The number of para-hydroxylation sites is 1. The summed E-state index contributed by atoms with van der Waals surface area (Å²) in [5, 5.41) is 7.02. The summed E-state index contributed by atoms with van der Waals surface area (Å²) in [6.45, 7) is 5.17. The molecule has 1 N–H and O–H groups in total. The predicted octanol–water partition coefficient (Wildman–Crippen LogP) is 4.76. The summed E-state index contributed by atoms with van der Waals surface area (Å²) in [5.74, 6) is -0.573. The molecule has 1 atom stereocenters. The topological polar surface area (TPSA) is 46.9 Å². The number of aryl methyl sites for hydroxylation is 1. The van der Waals surface area contributed by atoms with E-state index in [0.717, 1.165) is 6.07 Å². The van der Waals surface area contributed by atoms with E-state index >= 15 is 0 Å². The van der Waals surface area contributed by atoms with Gasteiger partial charge in [-0.25, -0.2) is 0 Å². The number of nitrogens with zero attached hydrogens (tertiary/aromatic N) is 2. The molecule has 2 aromatic rings. The molecule has 24 heavy (non-hydrogen) atoms. The van der Waals surface area contributed by atoms with E-state index in [9.17, 15) is 18.0 Å². The summed E-state index contributed by atoms with van der Waals surface area (Å²) in [4.78, 5) is 12.5. The van der Waals surface area contributed by atoms with Crippen LogP contribution < -0.4 is 5.32 Å². The number of hydrogen-bond acceptors (Lipinski definition) is 2. The van der Waals surface area contributed by atoms with Gasteiger partial charge in [-0.15, -0.1) is 0 Å². The summed E-state index contributed by atoms with van der Waals surface area (Å²) >= 11 is 6.09. The Morgan fingerprint density at radius 1 is 1.33 bits per heavy atom. The molecule has 2 rings (SSSR count). The molecule has 0 bridgehead atoms. The first-order chi connectivity index (χ1) is 11.2. The second-order valence-electron chi connectivity index (χ2n) is 5.39. The van der Waals surface area contributed by atoms with Gasteiger partial charge in [0.2, 0.25) is 5.91 Å².